The van der Waals surface area contributed by atoms with E-state index in [9.17, 15) is 4.79 Å². The Bertz CT molecular complexity index is 411. The summed E-state index contributed by atoms with van der Waals surface area (Å²) in [6, 6.07) is 3.42. The van der Waals surface area contributed by atoms with E-state index in [1.165, 1.54) is 6.20 Å². The first kappa shape index (κ1) is 12.3. The van der Waals surface area contributed by atoms with Crippen molar-refractivity contribution >= 4 is 17.5 Å². The first-order valence-corrected chi connectivity index (χ1v) is 6.02. The number of carbonyl (C=O) groups excluding carboxylic acids is 1. The molecule has 1 heterocycles. The summed E-state index contributed by atoms with van der Waals surface area (Å²) >= 11 is 5.74. The van der Waals surface area contributed by atoms with Gasteiger partial charge in [0.25, 0.3) is 5.91 Å². The van der Waals surface area contributed by atoms with Crippen LogP contribution in [0.15, 0.2) is 18.3 Å². The van der Waals surface area contributed by atoms with Crippen molar-refractivity contribution in [2.24, 2.45) is 0 Å². The minimum atomic E-state index is -0.101. The van der Waals surface area contributed by atoms with E-state index in [2.05, 4.69) is 10.3 Å². The van der Waals surface area contributed by atoms with Gasteiger partial charge in [-0.05, 0) is 31.4 Å². The molecule has 1 aliphatic carbocycles. The zero-order valence-electron chi connectivity index (χ0n) is 9.65. The number of rotatable bonds is 3. The van der Waals surface area contributed by atoms with Crippen molar-refractivity contribution in [1.82, 2.24) is 10.3 Å². The molecular weight excluding hydrogens is 240 g/mol. The number of methoxy groups -OCH3 is 1. The lowest BCUT2D eigenvalue weighted by Crippen LogP contribution is -2.33. The second-order valence-corrected chi connectivity index (χ2v) is 4.60. The van der Waals surface area contributed by atoms with E-state index in [0.717, 1.165) is 19.3 Å². The third-order valence-corrected chi connectivity index (χ3v) is 3.25. The average molecular weight is 255 g/mol. The maximum absolute atomic E-state index is 11.9. The van der Waals surface area contributed by atoms with E-state index in [1.54, 1.807) is 19.2 Å². The molecule has 92 valence electrons. The molecule has 1 aromatic heterocycles. The Morgan fingerprint density at radius 1 is 1.59 bits per heavy atom. The fourth-order valence-corrected chi connectivity index (χ4v) is 2.27. The summed E-state index contributed by atoms with van der Waals surface area (Å²) in [6.45, 7) is 0. The molecule has 0 saturated heterocycles. The average Bonchev–Trinajstić information content (AvgIpc) is 2.77. The number of nitrogens with zero attached hydrogens (tertiary/aromatic N) is 1. The Morgan fingerprint density at radius 3 is 3.06 bits per heavy atom. The van der Waals surface area contributed by atoms with E-state index in [1.807, 2.05) is 0 Å². The van der Waals surface area contributed by atoms with Crippen molar-refractivity contribution in [2.75, 3.05) is 7.11 Å². The Labute approximate surface area is 105 Å². The van der Waals surface area contributed by atoms with Crippen LogP contribution in [0.5, 0.6) is 0 Å². The second kappa shape index (κ2) is 5.47. The topological polar surface area (TPSA) is 51.2 Å². The van der Waals surface area contributed by atoms with Crippen molar-refractivity contribution in [3.8, 4) is 0 Å². The largest absolute Gasteiger partial charge is 0.381 e. The lowest BCUT2D eigenvalue weighted by molar-refractivity contribution is 0.0915. The second-order valence-electron chi connectivity index (χ2n) is 4.21. The number of aromatic nitrogens is 1. The number of nitrogens with one attached hydrogen (secondary N) is 1. The molecule has 17 heavy (non-hydrogen) atoms. The first-order valence-electron chi connectivity index (χ1n) is 5.64. The van der Waals surface area contributed by atoms with Crippen LogP contribution in [0.25, 0.3) is 0 Å². The molecule has 0 spiro atoms. The molecule has 4 nitrogen and oxygen atoms in total. The van der Waals surface area contributed by atoms with Crippen LogP contribution in [0.1, 0.15) is 29.6 Å². The summed E-state index contributed by atoms with van der Waals surface area (Å²) in [5, 5.41) is 3.31. The van der Waals surface area contributed by atoms with E-state index in [-0.39, 0.29) is 18.1 Å². The van der Waals surface area contributed by atoms with Gasteiger partial charge in [-0.2, -0.15) is 0 Å². The first-order chi connectivity index (χ1) is 8.19. The molecule has 1 aliphatic rings. The van der Waals surface area contributed by atoms with Gasteiger partial charge in [-0.25, -0.2) is 4.98 Å². The molecule has 1 amide bonds. The van der Waals surface area contributed by atoms with Gasteiger partial charge in [0.05, 0.1) is 6.10 Å². The van der Waals surface area contributed by atoms with Crippen molar-refractivity contribution in [3.05, 3.63) is 29.0 Å². The normalized spacial score (nSPS) is 23.6. The number of ether oxygens (including phenoxy) is 1. The molecule has 1 aromatic rings. The van der Waals surface area contributed by atoms with Gasteiger partial charge >= 0.3 is 0 Å². The van der Waals surface area contributed by atoms with Gasteiger partial charge in [0.1, 0.15) is 5.15 Å². The third-order valence-electron chi connectivity index (χ3n) is 3.04. The van der Waals surface area contributed by atoms with Crippen LogP contribution < -0.4 is 5.32 Å². The summed E-state index contributed by atoms with van der Waals surface area (Å²) in [5.74, 6) is -0.101. The van der Waals surface area contributed by atoms with Gasteiger partial charge in [-0.15, -0.1) is 0 Å². The highest BCUT2D eigenvalue weighted by molar-refractivity contribution is 6.29. The number of halogens is 1. The fraction of sp³-hybridized carbons (Fsp3) is 0.500. The number of amides is 1. The Balaban J connectivity index is 1.94. The van der Waals surface area contributed by atoms with E-state index >= 15 is 0 Å². The SMILES string of the molecule is COC1CCC(NC(=O)c2ccnc(Cl)c2)C1. The summed E-state index contributed by atoms with van der Waals surface area (Å²) in [4.78, 5) is 15.8. The Morgan fingerprint density at radius 2 is 2.41 bits per heavy atom. The zero-order valence-corrected chi connectivity index (χ0v) is 10.4. The van der Waals surface area contributed by atoms with E-state index in [0.29, 0.717) is 10.7 Å². The molecule has 2 atom stereocenters. The highest BCUT2D eigenvalue weighted by Crippen LogP contribution is 2.21. The van der Waals surface area contributed by atoms with Crippen LogP contribution in [0, 0.1) is 0 Å². The van der Waals surface area contributed by atoms with Crippen molar-refractivity contribution < 1.29 is 9.53 Å². The minimum absolute atomic E-state index is 0.101. The predicted molar refractivity (Wildman–Crippen MR) is 65.1 cm³/mol. The van der Waals surface area contributed by atoms with Gasteiger partial charge < -0.3 is 10.1 Å². The quantitative estimate of drug-likeness (QED) is 0.840. The number of hydrogen-bond acceptors (Lipinski definition) is 3. The molecule has 0 aromatic carbocycles. The monoisotopic (exact) mass is 254 g/mol. The molecule has 1 saturated carbocycles. The summed E-state index contributed by atoms with van der Waals surface area (Å²) < 4.78 is 5.27. The molecule has 0 bridgehead atoms. The van der Waals surface area contributed by atoms with Gasteiger partial charge in [0, 0.05) is 24.9 Å². The summed E-state index contributed by atoms with van der Waals surface area (Å²) in [6.07, 6.45) is 4.63. The van der Waals surface area contributed by atoms with Crippen LogP contribution in [-0.4, -0.2) is 30.1 Å². The van der Waals surface area contributed by atoms with Crippen LogP contribution in [-0.2, 0) is 4.74 Å². The number of hydrogen-bond donors (Lipinski definition) is 1. The van der Waals surface area contributed by atoms with Gasteiger partial charge in [0.2, 0.25) is 0 Å². The lowest BCUT2D eigenvalue weighted by Gasteiger charge is -2.12. The van der Waals surface area contributed by atoms with E-state index in [4.69, 9.17) is 16.3 Å². The van der Waals surface area contributed by atoms with Crippen molar-refractivity contribution in [1.29, 1.82) is 0 Å². The summed E-state index contributed by atoms with van der Waals surface area (Å²) in [7, 11) is 1.71. The molecule has 2 rings (SSSR count). The van der Waals surface area contributed by atoms with Crippen molar-refractivity contribution in [2.45, 2.75) is 31.4 Å². The number of carbonyl (C=O) groups is 1. The molecule has 5 heteroatoms. The standard InChI is InChI=1S/C12H15ClN2O2/c1-17-10-3-2-9(7-10)15-12(16)8-4-5-14-11(13)6-8/h4-6,9-10H,2-3,7H2,1H3,(H,15,16). The highest BCUT2D eigenvalue weighted by atomic mass is 35.5. The van der Waals surface area contributed by atoms with Gasteiger partial charge in [-0.1, -0.05) is 11.6 Å². The van der Waals surface area contributed by atoms with Crippen molar-refractivity contribution in [3.63, 3.8) is 0 Å². The minimum Gasteiger partial charge on any atom is -0.381 e. The maximum atomic E-state index is 11.9. The summed E-state index contributed by atoms with van der Waals surface area (Å²) in [5.41, 5.74) is 0.547. The third kappa shape index (κ3) is 3.17. The molecule has 0 radical (unpaired) electrons. The van der Waals surface area contributed by atoms with Crippen LogP contribution in [0.2, 0.25) is 5.15 Å². The van der Waals surface area contributed by atoms with Crippen LogP contribution in [0.3, 0.4) is 0 Å². The van der Waals surface area contributed by atoms with E-state index < -0.39 is 0 Å². The van der Waals surface area contributed by atoms with Crippen LogP contribution in [0.4, 0.5) is 0 Å². The lowest BCUT2D eigenvalue weighted by atomic mass is 10.2. The predicted octanol–water partition coefficient (Wildman–Crippen LogP) is 2.03. The Kier molecular flexibility index (Phi) is 3.97. The maximum Gasteiger partial charge on any atom is 0.251 e. The molecule has 1 fully saturated rings. The molecule has 0 aliphatic heterocycles. The smallest absolute Gasteiger partial charge is 0.251 e. The van der Waals surface area contributed by atoms with Crippen LogP contribution >= 0.6 is 11.6 Å². The number of pyridine rings is 1. The fourth-order valence-electron chi connectivity index (χ4n) is 2.10. The van der Waals surface area contributed by atoms with Gasteiger partial charge in [0.15, 0.2) is 0 Å². The molecule has 1 N–H and O–H groups in total. The molecular formula is C12H15ClN2O2. The highest BCUT2D eigenvalue weighted by Gasteiger charge is 2.25. The van der Waals surface area contributed by atoms with Gasteiger partial charge in [-0.3, -0.25) is 4.79 Å². The Hall–Kier alpha value is -1.13. The zero-order chi connectivity index (χ0) is 12.3. The molecule has 2 unspecified atom stereocenters.